The van der Waals surface area contributed by atoms with Gasteiger partial charge >= 0.3 is 0 Å². The van der Waals surface area contributed by atoms with Crippen LogP contribution in [-0.2, 0) is 4.74 Å². The number of aromatic nitrogens is 2. The summed E-state index contributed by atoms with van der Waals surface area (Å²) in [6, 6.07) is 2.05. The van der Waals surface area contributed by atoms with Gasteiger partial charge in [0.2, 0.25) is 0 Å². The first-order valence-electron chi connectivity index (χ1n) is 5.08. The molecule has 4 nitrogen and oxygen atoms in total. The average Bonchev–Trinajstić information content (AvgIpc) is 2.77. The summed E-state index contributed by atoms with van der Waals surface area (Å²) in [5, 5.41) is 2.07. The zero-order chi connectivity index (χ0) is 11.0. The zero-order valence-electron chi connectivity index (χ0n) is 8.52. The van der Waals surface area contributed by atoms with E-state index in [-0.39, 0.29) is 0 Å². The molecule has 0 bridgehead atoms. The van der Waals surface area contributed by atoms with Crippen LogP contribution in [0.4, 0.5) is 5.82 Å². The molecule has 3 rings (SSSR count). The summed E-state index contributed by atoms with van der Waals surface area (Å²) in [7, 11) is 0. The van der Waals surface area contributed by atoms with E-state index in [4.69, 9.17) is 4.74 Å². The molecule has 0 spiro atoms. The third kappa shape index (κ3) is 1.89. The molecular formula is C10H10IN3OS. The SMILES string of the molecule is Ic1nc(N2CCOCC2)c2sccc2n1. The Morgan fingerprint density at radius 3 is 2.94 bits per heavy atom. The van der Waals surface area contributed by atoms with E-state index in [1.54, 1.807) is 11.3 Å². The highest BCUT2D eigenvalue weighted by atomic mass is 127. The van der Waals surface area contributed by atoms with Crippen molar-refractivity contribution in [1.82, 2.24) is 9.97 Å². The van der Waals surface area contributed by atoms with Gasteiger partial charge in [0, 0.05) is 35.7 Å². The summed E-state index contributed by atoms with van der Waals surface area (Å²) in [5.74, 6) is 1.06. The Morgan fingerprint density at radius 1 is 1.31 bits per heavy atom. The number of morpholine rings is 1. The van der Waals surface area contributed by atoms with Crippen molar-refractivity contribution in [3.8, 4) is 0 Å². The second kappa shape index (κ2) is 4.42. The lowest BCUT2D eigenvalue weighted by molar-refractivity contribution is 0.122. The largest absolute Gasteiger partial charge is 0.378 e. The lowest BCUT2D eigenvalue weighted by Crippen LogP contribution is -2.37. The van der Waals surface area contributed by atoms with Crippen LogP contribution < -0.4 is 4.90 Å². The fourth-order valence-electron chi connectivity index (χ4n) is 1.81. The van der Waals surface area contributed by atoms with E-state index in [0.29, 0.717) is 0 Å². The lowest BCUT2D eigenvalue weighted by Gasteiger charge is -2.28. The standard InChI is InChI=1S/C10H10IN3OS/c11-10-12-7-1-6-16-8(7)9(13-10)14-2-4-15-5-3-14/h1,6H,2-5H2. The molecule has 0 saturated carbocycles. The van der Waals surface area contributed by atoms with Crippen LogP contribution in [0, 0.1) is 3.83 Å². The number of anilines is 1. The molecule has 1 saturated heterocycles. The molecule has 0 aromatic carbocycles. The molecule has 84 valence electrons. The van der Waals surface area contributed by atoms with Crippen LogP contribution in [0.3, 0.4) is 0 Å². The maximum Gasteiger partial charge on any atom is 0.193 e. The highest BCUT2D eigenvalue weighted by molar-refractivity contribution is 14.1. The van der Waals surface area contributed by atoms with E-state index < -0.39 is 0 Å². The summed E-state index contributed by atoms with van der Waals surface area (Å²) in [4.78, 5) is 11.3. The van der Waals surface area contributed by atoms with Crippen LogP contribution in [0.1, 0.15) is 0 Å². The van der Waals surface area contributed by atoms with Crippen LogP contribution in [0.15, 0.2) is 11.4 Å². The van der Waals surface area contributed by atoms with E-state index in [9.17, 15) is 0 Å². The number of fused-ring (bicyclic) bond motifs is 1. The van der Waals surface area contributed by atoms with Crippen LogP contribution in [0.5, 0.6) is 0 Å². The van der Waals surface area contributed by atoms with E-state index in [1.165, 1.54) is 4.70 Å². The lowest BCUT2D eigenvalue weighted by atomic mass is 10.3. The Bertz CT molecular complexity index is 510. The minimum absolute atomic E-state index is 0.785. The van der Waals surface area contributed by atoms with Gasteiger partial charge in [0.25, 0.3) is 0 Å². The van der Waals surface area contributed by atoms with Gasteiger partial charge in [-0.3, -0.25) is 0 Å². The van der Waals surface area contributed by atoms with Gasteiger partial charge in [0.1, 0.15) is 0 Å². The van der Waals surface area contributed by atoms with Gasteiger partial charge in [-0.25, -0.2) is 9.97 Å². The molecule has 1 fully saturated rings. The Morgan fingerprint density at radius 2 is 2.12 bits per heavy atom. The summed E-state index contributed by atoms with van der Waals surface area (Å²) >= 11 is 3.88. The smallest absolute Gasteiger partial charge is 0.193 e. The fraction of sp³-hybridized carbons (Fsp3) is 0.400. The average molecular weight is 347 g/mol. The van der Waals surface area contributed by atoms with Crippen molar-refractivity contribution in [1.29, 1.82) is 0 Å². The first-order valence-corrected chi connectivity index (χ1v) is 7.04. The number of hydrogen-bond acceptors (Lipinski definition) is 5. The highest BCUT2D eigenvalue weighted by Gasteiger charge is 2.17. The van der Waals surface area contributed by atoms with Crippen molar-refractivity contribution in [3.05, 3.63) is 15.3 Å². The highest BCUT2D eigenvalue weighted by Crippen LogP contribution is 2.29. The van der Waals surface area contributed by atoms with Gasteiger partial charge in [0.05, 0.1) is 23.4 Å². The first-order chi connectivity index (χ1) is 7.84. The predicted octanol–water partition coefficient (Wildman–Crippen LogP) is 2.13. The molecule has 1 aliphatic heterocycles. The zero-order valence-corrected chi connectivity index (χ0v) is 11.5. The van der Waals surface area contributed by atoms with Crippen LogP contribution in [0.25, 0.3) is 10.2 Å². The molecule has 6 heteroatoms. The summed E-state index contributed by atoms with van der Waals surface area (Å²) < 4.78 is 7.35. The van der Waals surface area contributed by atoms with E-state index in [2.05, 4.69) is 42.8 Å². The Kier molecular flexibility index (Phi) is 2.95. The second-order valence-corrected chi connectivity index (χ2v) is 5.43. The number of halogens is 1. The van der Waals surface area contributed by atoms with Crippen molar-refractivity contribution in [2.75, 3.05) is 31.2 Å². The maximum absolute atomic E-state index is 5.36. The summed E-state index contributed by atoms with van der Waals surface area (Å²) in [5.41, 5.74) is 1.05. The van der Waals surface area contributed by atoms with Gasteiger partial charge in [-0.2, -0.15) is 0 Å². The van der Waals surface area contributed by atoms with Crippen molar-refractivity contribution in [2.24, 2.45) is 0 Å². The van der Waals surface area contributed by atoms with Crippen molar-refractivity contribution in [3.63, 3.8) is 0 Å². The molecule has 16 heavy (non-hydrogen) atoms. The molecule has 0 aliphatic carbocycles. The fourth-order valence-corrected chi connectivity index (χ4v) is 3.15. The first kappa shape index (κ1) is 10.7. The summed E-state index contributed by atoms with van der Waals surface area (Å²) in [6.07, 6.45) is 0. The second-order valence-electron chi connectivity index (χ2n) is 3.55. The molecule has 0 atom stereocenters. The number of hydrogen-bond donors (Lipinski definition) is 0. The molecule has 0 unspecified atom stereocenters. The Labute approximate surface area is 111 Å². The van der Waals surface area contributed by atoms with Crippen molar-refractivity contribution in [2.45, 2.75) is 0 Å². The molecule has 0 amide bonds. The van der Waals surface area contributed by atoms with Gasteiger partial charge in [-0.05, 0) is 11.4 Å². The van der Waals surface area contributed by atoms with Gasteiger partial charge < -0.3 is 9.64 Å². The number of rotatable bonds is 1. The molecule has 2 aromatic heterocycles. The monoisotopic (exact) mass is 347 g/mol. The molecule has 0 radical (unpaired) electrons. The van der Waals surface area contributed by atoms with Crippen molar-refractivity contribution < 1.29 is 4.74 Å². The van der Waals surface area contributed by atoms with E-state index in [1.807, 2.05) is 6.07 Å². The van der Waals surface area contributed by atoms with Gasteiger partial charge in [0.15, 0.2) is 9.65 Å². The Hall–Kier alpha value is -0.470. The van der Waals surface area contributed by atoms with E-state index >= 15 is 0 Å². The maximum atomic E-state index is 5.36. The van der Waals surface area contributed by atoms with Gasteiger partial charge in [-0.1, -0.05) is 0 Å². The quantitative estimate of drug-likeness (QED) is 0.585. The van der Waals surface area contributed by atoms with Gasteiger partial charge in [-0.15, -0.1) is 11.3 Å². The molecule has 0 N–H and O–H groups in total. The molecule has 2 aromatic rings. The predicted molar refractivity (Wildman–Crippen MR) is 73.2 cm³/mol. The van der Waals surface area contributed by atoms with Crippen LogP contribution >= 0.6 is 33.9 Å². The van der Waals surface area contributed by atoms with E-state index in [0.717, 1.165) is 41.5 Å². The third-order valence-electron chi connectivity index (χ3n) is 2.57. The number of thiophene rings is 1. The van der Waals surface area contributed by atoms with Crippen LogP contribution in [0.2, 0.25) is 0 Å². The van der Waals surface area contributed by atoms with Crippen LogP contribution in [-0.4, -0.2) is 36.3 Å². The normalized spacial score (nSPS) is 16.9. The summed E-state index contributed by atoms with van der Waals surface area (Å²) in [6.45, 7) is 3.40. The minimum atomic E-state index is 0.785. The topological polar surface area (TPSA) is 38.2 Å². The number of ether oxygens (including phenoxy) is 1. The minimum Gasteiger partial charge on any atom is -0.378 e. The number of nitrogens with zero attached hydrogens (tertiary/aromatic N) is 3. The third-order valence-corrected chi connectivity index (χ3v) is 3.95. The molecular weight excluding hydrogens is 337 g/mol. The Balaban J connectivity index is 2.09. The van der Waals surface area contributed by atoms with Crippen molar-refractivity contribution >= 4 is 50.0 Å². The molecule has 1 aliphatic rings. The molecule has 3 heterocycles.